The van der Waals surface area contributed by atoms with Crippen molar-refractivity contribution >= 4 is 46.2 Å². The number of amidine groups is 2. The van der Waals surface area contributed by atoms with Gasteiger partial charge in [0.2, 0.25) is 5.71 Å². The number of thioether (sulfide) groups is 1. The third-order valence-corrected chi connectivity index (χ3v) is 4.57. The van der Waals surface area contributed by atoms with Crippen molar-refractivity contribution in [1.29, 1.82) is 0 Å². The Morgan fingerprint density at radius 2 is 1.88 bits per heavy atom. The largest absolute Gasteiger partial charge is 0.446 e. The number of ketones is 1. The van der Waals surface area contributed by atoms with Crippen LogP contribution in [0.25, 0.3) is 0 Å². The van der Waals surface area contributed by atoms with Crippen molar-refractivity contribution in [2.45, 2.75) is 6.92 Å². The lowest BCUT2D eigenvalue weighted by Gasteiger charge is -2.15. The van der Waals surface area contributed by atoms with Gasteiger partial charge in [-0.15, -0.1) is 0 Å². The molecule has 24 heavy (non-hydrogen) atoms. The van der Waals surface area contributed by atoms with Crippen molar-refractivity contribution in [3.63, 3.8) is 0 Å². The average Bonchev–Trinajstić information content (AvgIpc) is 3.01. The molecule has 1 aromatic carbocycles. The molecule has 2 aliphatic rings. The summed E-state index contributed by atoms with van der Waals surface area (Å²) in [5.74, 6) is -0.144. The van der Waals surface area contributed by atoms with Gasteiger partial charge in [-0.1, -0.05) is 46.6 Å². The van der Waals surface area contributed by atoms with Gasteiger partial charge in [0.25, 0.3) is 5.17 Å². The van der Waals surface area contributed by atoms with E-state index in [1.165, 1.54) is 18.7 Å². The Balaban J connectivity index is 1.75. The van der Waals surface area contributed by atoms with Crippen molar-refractivity contribution in [2.75, 3.05) is 19.8 Å². The van der Waals surface area contributed by atoms with E-state index in [2.05, 4.69) is 9.98 Å². The number of fused-ring (bicyclic) bond motifs is 1. The van der Waals surface area contributed by atoms with Crippen LogP contribution in [0.4, 0.5) is 4.79 Å². The average molecular weight is 343 g/mol. The Bertz CT molecular complexity index is 853. The molecular formula is C16H15N4O3S+. The van der Waals surface area contributed by atoms with Gasteiger partial charge in [0.1, 0.15) is 0 Å². The topological polar surface area (TPSA) is 82.2 Å². The molecule has 0 unspecified atom stereocenters. The maximum atomic E-state index is 12.2. The summed E-state index contributed by atoms with van der Waals surface area (Å²) >= 11 is 1.15. The first-order chi connectivity index (χ1) is 11.4. The molecule has 0 N–H and O–H groups in total. The van der Waals surface area contributed by atoms with Crippen LogP contribution in [0.1, 0.15) is 15.9 Å². The molecule has 1 aromatic rings. The minimum Gasteiger partial charge on any atom is -0.293 e. The lowest BCUT2D eigenvalue weighted by Crippen LogP contribution is -2.51. The Morgan fingerprint density at radius 1 is 1.21 bits per heavy atom. The fourth-order valence-corrected chi connectivity index (χ4v) is 3.00. The lowest BCUT2D eigenvalue weighted by atomic mass is 10.1. The maximum absolute atomic E-state index is 12.2. The summed E-state index contributed by atoms with van der Waals surface area (Å²) in [5, 5.41) is 0.309. The number of urea groups is 1. The number of hydrogen-bond acceptors (Lipinski definition) is 6. The van der Waals surface area contributed by atoms with E-state index in [4.69, 9.17) is 0 Å². The number of Topliss-reactive ketones (excluding diaryl/α,β-unsaturated/α-hetero) is 1. The Kier molecular flexibility index (Phi) is 4.15. The molecular weight excluding hydrogens is 328 g/mol. The molecule has 0 aliphatic carbocycles. The number of aryl methyl sites for hydroxylation is 1. The number of benzene rings is 1. The quantitative estimate of drug-likeness (QED) is 0.613. The maximum Gasteiger partial charge on any atom is 0.446 e. The van der Waals surface area contributed by atoms with Crippen molar-refractivity contribution in [2.24, 2.45) is 9.98 Å². The minimum atomic E-state index is -0.489. The van der Waals surface area contributed by atoms with E-state index in [1.54, 1.807) is 12.1 Å². The van der Waals surface area contributed by atoms with Crippen LogP contribution >= 0.6 is 11.8 Å². The van der Waals surface area contributed by atoms with Gasteiger partial charge >= 0.3 is 17.8 Å². The number of rotatable bonds is 3. The van der Waals surface area contributed by atoms with E-state index < -0.39 is 11.9 Å². The number of carbonyl (C=O) groups excluding carboxylic acids is 3. The second-order valence-electron chi connectivity index (χ2n) is 5.46. The van der Waals surface area contributed by atoms with Gasteiger partial charge in [0.05, 0.1) is 19.8 Å². The van der Waals surface area contributed by atoms with Crippen LogP contribution in [0, 0.1) is 6.92 Å². The van der Waals surface area contributed by atoms with Gasteiger partial charge in [-0.05, 0) is 6.92 Å². The van der Waals surface area contributed by atoms with Gasteiger partial charge < -0.3 is 0 Å². The summed E-state index contributed by atoms with van der Waals surface area (Å²) in [6.07, 6.45) is 0. The molecule has 0 saturated heterocycles. The van der Waals surface area contributed by atoms with E-state index in [-0.39, 0.29) is 23.1 Å². The SMILES string of the molecule is Cc1ccc(C(=O)CSC2=NC3=[N+](C)C(=O)N(C)C(=O)C3=N2)cc1. The Hall–Kier alpha value is -2.61. The van der Waals surface area contributed by atoms with Crippen LogP contribution < -0.4 is 0 Å². The normalized spacial score (nSPS) is 17.0. The van der Waals surface area contributed by atoms with Crippen molar-refractivity contribution in [3.8, 4) is 0 Å². The first kappa shape index (κ1) is 16.3. The summed E-state index contributed by atoms with van der Waals surface area (Å²) in [7, 11) is 2.93. The molecule has 7 nitrogen and oxygen atoms in total. The molecule has 3 rings (SSSR count). The standard InChI is InChI=1S/C16H15N4O3S/c1-9-4-6-10(7-5-9)11(21)8-24-15-17-12-13(18-15)19(2)16(23)20(3)14(12)22/h4-7H,8H2,1-3H3/q+1. The second-order valence-corrected chi connectivity index (χ2v) is 6.40. The van der Waals surface area contributed by atoms with Crippen LogP contribution in [0.15, 0.2) is 34.3 Å². The van der Waals surface area contributed by atoms with E-state index in [9.17, 15) is 14.4 Å². The van der Waals surface area contributed by atoms with Crippen LogP contribution in [0.5, 0.6) is 0 Å². The van der Waals surface area contributed by atoms with Crippen molar-refractivity contribution in [1.82, 2.24) is 4.90 Å². The molecule has 0 fully saturated rings. The highest BCUT2D eigenvalue weighted by Crippen LogP contribution is 2.18. The second kappa shape index (κ2) is 6.12. The zero-order valence-electron chi connectivity index (χ0n) is 13.4. The third-order valence-electron chi connectivity index (χ3n) is 3.73. The monoisotopic (exact) mass is 343 g/mol. The van der Waals surface area contributed by atoms with Crippen LogP contribution in [-0.4, -0.2) is 63.8 Å². The van der Waals surface area contributed by atoms with Gasteiger partial charge in [-0.25, -0.2) is 9.59 Å². The summed E-state index contributed by atoms with van der Waals surface area (Å²) in [5.41, 5.74) is 1.83. The van der Waals surface area contributed by atoms with Gasteiger partial charge in [0, 0.05) is 5.56 Å². The number of hydrogen-bond donors (Lipinski definition) is 0. The highest BCUT2D eigenvalue weighted by Gasteiger charge is 2.44. The summed E-state index contributed by atoms with van der Waals surface area (Å²) in [6, 6.07) is 6.86. The van der Waals surface area contributed by atoms with Crippen molar-refractivity contribution in [3.05, 3.63) is 35.4 Å². The number of carbonyl (C=O) groups is 3. The predicted molar refractivity (Wildman–Crippen MR) is 92.2 cm³/mol. The third kappa shape index (κ3) is 2.80. The fourth-order valence-electron chi connectivity index (χ4n) is 2.27. The first-order valence-electron chi connectivity index (χ1n) is 7.21. The van der Waals surface area contributed by atoms with E-state index >= 15 is 0 Å². The predicted octanol–water partition coefficient (Wildman–Crippen LogP) is 1.35. The van der Waals surface area contributed by atoms with Crippen LogP contribution in [0.3, 0.4) is 0 Å². The smallest absolute Gasteiger partial charge is 0.293 e. The molecule has 2 aliphatic heterocycles. The first-order valence-corrected chi connectivity index (χ1v) is 8.20. The van der Waals surface area contributed by atoms with Crippen LogP contribution in [0.2, 0.25) is 0 Å². The Morgan fingerprint density at radius 3 is 2.54 bits per heavy atom. The molecule has 0 saturated carbocycles. The van der Waals surface area contributed by atoms with E-state index in [0.29, 0.717) is 10.7 Å². The lowest BCUT2D eigenvalue weighted by molar-refractivity contribution is -0.401. The number of imide groups is 1. The molecule has 0 spiro atoms. The zero-order valence-corrected chi connectivity index (χ0v) is 14.3. The molecule has 8 heteroatoms. The van der Waals surface area contributed by atoms with Crippen molar-refractivity contribution < 1.29 is 19.0 Å². The summed E-state index contributed by atoms with van der Waals surface area (Å²) in [4.78, 5) is 45.5. The molecule has 122 valence electrons. The van der Waals surface area contributed by atoms with E-state index in [1.807, 2.05) is 19.1 Å². The number of aliphatic imine (C=N–C) groups is 2. The molecule has 3 amide bonds. The summed E-state index contributed by atoms with van der Waals surface area (Å²) < 4.78 is 1.27. The summed E-state index contributed by atoms with van der Waals surface area (Å²) in [6.45, 7) is 1.96. The zero-order chi connectivity index (χ0) is 17.4. The fraction of sp³-hybridized carbons (Fsp3) is 0.250. The van der Waals surface area contributed by atoms with Gasteiger partial charge in [-0.3, -0.25) is 4.79 Å². The molecule has 2 heterocycles. The molecule has 0 atom stereocenters. The number of nitrogens with zero attached hydrogens (tertiary/aromatic N) is 4. The molecule has 0 bridgehead atoms. The van der Waals surface area contributed by atoms with E-state index in [0.717, 1.165) is 22.2 Å². The van der Waals surface area contributed by atoms with Gasteiger partial charge in [-0.2, -0.15) is 14.5 Å². The number of amides is 3. The highest BCUT2D eigenvalue weighted by atomic mass is 32.2. The molecule has 0 aromatic heterocycles. The molecule has 0 radical (unpaired) electrons. The van der Waals surface area contributed by atoms with Gasteiger partial charge in [0.15, 0.2) is 5.78 Å². The Labute approximate surface area is 142 Å². The minimum absolute atomic E-state index is 0.0457. The highest BCUT2D eigenvalue weighted by molar-refractivity contribution is 8.14. The van der Waals surface area contributed by atoms with Crippen LogP contribution in [-0.2, 0) is 4.79 Å².